The van der Waals surface area contributed by atoms with Crippen LogP contribution >= 0.6 is 11.8 Å². The fourth-order valence-corrected chi connectivity index (χ4v) is 2.19. The van der Waals surface area contributed by atoms with E-state index in [1.165, 1.54) is 12.1 Å². The van der Waals surface area contributed by atoms with Crippen LogP contribution in [0.5, 0.6) is 5.75 Å². The number of rotatable bonds is 3. The van der Waals surface area contributed by atoms with Crippen molar-refractivity contribution >= 4 is 17.7 Å². The van der Waals surface area contributed by atoms with E-state index in [1.54, 1.807) is 25.1 Å². The molecule has 0 bridgehead atoms. The number of hydrogen-bond donors (Lipinski definition) is 1. The number of aromatic nitrogens is 1. The predicted molar refractivity (Wildman–Crippen MR) is 67.2 cm³/mol. The Morgan fingerprint density at radius 1 is 1.44 bits per heavy atom. The Labute approximate surface area is 107 Å². The van der Waals surface area contributed by atoms with Crippen LogP contribution in [0.25, 0.3) is 0 Å². The molecule has 0 spiro atoms. The molecule has 18 heavy (non-hydrogen) atoms. The highest BCUT2D eigenvalue weighted by Gasteiger charge is 2.13. The highest BCUT2D eigenvalue weighted by Crippen LogP contribution is 2.27. The molecule has 5 nitrogen and oxygen atoms in total. The molecule has 0 fully saturated rings. The van der Waals surface area contributed by atoms with Gasteiger partial charge in [0.15, 0.2) is 0 Å². The van der Waals surface area contributed by atoms with Crippen molar-refractivity contribution in [2.45, 2.75) is 11.8 Å². The van der Waals surface area contributed by atoms with Crippen LogP contribution in [0.2, 0.25) is 0 Å². The summed E-state index contributed by atoms with van der Waals surface area (Å²) in [4.78, 5) is 23.7. The molecule has 6 heteroatoms. The molecule has 0 atom stereocenters. The van der Waals surface area contributed by atoms with Gasteiger partial charge in [-0.15, -0.1) is 16.5 Å². The number of aryl methyl sites for hydroxylation is 1. The standard InChI is InChI=1S/C12H11NO4S/c1-8-6-11(15)13(17-8)12(16)7-18-10-5-3-2-4-9(10)14/h2-6,14H,7H2,1H3. The minimum atomic E-state index is -0.476. The molecule has 0 saturated carbocycles. The van der Waals surface area contributed by atoms with Gasteiger partial charge in [0, 0.05) is 11.0 Å². The second-order valence-corrected chi connectivity index (χ2v) is 4.65. The lowest BCUT2D eigenvalue weighted by atomic mass is 10.3. The van der Waals surface area contributed by atoms with Gasteiger partial charge in [0.1, 0.15) is 11.5 Å². The lowest BCUT2D eigenvalue weighted by Crippen LogP contribution is -2.23. The molecule has 1 heterocycles. The fourth-order valence-electron chi connectivity index (χ4n) is 1.40. The van der Waals surface area contributed by atoms with Gasteiger partial charge in [-0.05, 0) is 19.1 Å². The number of phenolic OH excluding ortho intramolecular Hbond substituents is 1. The van der Waals surface area contributed by atoms with Crippen molar-refractivity contribution in [1.82, 2.24) is 4.74 Å². The number of aromatic hydroxyl groups is 1. The minimum absolute atomic E-state index is 0.0183. The monoisotopic (exact) mass is 265 g/mol. The number of thioether (sulfide) groups is 1. The second-order valence-electron chi connectivity index (χ2n) is 3.63. The first-order valence-corrected chi connectivity index (χ1v) is 6.20. The van der Waals surface area contributed by atoms with E-state index in [0.29, 0.717) is 10.7 Å². The van der Waals surface area contributed by atoms with Crippen molar-refractivity contribution in [2.75, 3.05) is 5.75 Å². The van der Waals surface area contributed by atoms with E-state index in [-0.39, 0.29) is 11.5 Å². The molecule has 0 aliphatic heterocycles. The van der Waals surface area contributed by atoms with Crippen molar-refractivity contribution in [1.29, 1.82) is 0 Å². The predicted octanol–water partition coefficient (Wildman–Crippen LogP) is 1.89. The van der Waals surface area contributed by atoms with Gasteiger partial charge in [0.2, 0.25) is 0 Å². The third-order valence-electron chi connectivity index (χ3n) is 2.21. The third kappa shape index (κ3) is 2.65. The van der Waals surface area contributed by atoms with Crippen LogP contribution in [0.4, 0.5) is 0 Å². The van der Waals surface area contributed by atoms with Crippen LogP contribution in [-0.2, 0) is 0 Å². The van der Waals surface area contributed by atoms with Gasteiger partial charge in [-0.2, -0.15) is 0 Å². The highest BCUT2D eigenvalue weighted by molar-refractivity contribution is 8.00. The van der Waals surface area contributed by atoms with Gasteiger partial charge < -0.3 is 9.63 Å². The first-order chi connectivity index (χ1) is 8.58. The molecule has 1 aromatic carbocycles. The molecule has 2 aromatic rings. The fraction of sp³-hybridized carbons (Fsp3) is 0.167. The summed E-state index contributed by atoms with van der Waals surface area (Å²) in [5.74, 6) is 0.0604. The van der Waals surface area contributed by atoms with Crippen molar-refractivity contribution in [3.05, 3.63) is 46.4 Å². The van der Waals surface area contributed by atoms with Crippen LogP contribution in [0.3, 0.4) is 0 Å². The van der Waals surface area contributed by atoms with Gasteiger partial charge in [0.05, 0.1) is 5.75 Å². The summed E-state index contributed by atoms with van der Waals surface area (Å²) >= 11 is 1.15. The molecule has 2 rings (SSSR count). The van der Waals surface area contributed by atoms with Crippen LogP contribution in [0, 0.1) is 6.92 Å². The summed E-state index contributed by atoms with van der Waals surface area (Å²) in [6.07, 6.45) is 0. The lowest BCUT2D eigenvalue weighted by Gasteiger charge is -2.02. The Hall–Kier alpha value is -1.95. The maximum Gasteiger partial charge on any atom is 0.290 e. The average molecular weight is 265 g/mol. The smallest absolute Gasteiger partial charge is 0.290 e. The Morgan fingerprint density at radius 2 is 2.17 bits per heavy atom. The molecule has 1 aromatic heterocycles. The number of hydrogen-bond acceptors (Lipinski definition) is 5. The zero-order valence-corrected chi connectivity index (χ0v) is 10.4. The SMILES string of the molecule is Cc1cc(=O)n(C(=O)CSc2ccccc2O)o1. The summed E-state index contributed by atoms with van der Waals surface area (Å²) in [7, 11) is 0. The zero-order chi connectivity index (χ0) is 13.1. The molecule has 0 unspecified atom stereocenters. The number of benzene rings is 1. The Balaban J connectivity index is 2.08. The largest absolute Gasteiger partial charge is 0.507 e. The van der Waals surface area contributed by atoms with E-state index in [1.807, 2.05) is 0 Å². The number of carbonyl (C=O) groups is 1. The van der Waals surface area contributed by atoms with Gasteiger partial charge >= 0.3 is 0 Å². The van der Waals surface area contributed by atoms with Gasteiger partial charge in [-0.25, -0.2) is 0 Å². The molecular formula is C12H11NO4S. The van der Waals surface area contributed by atoms with Crippen molar-refractivity contribution in [3.8, 4) is 5.75 Å². The molecular weight excluding hydrogens is 254 g/mol. The summed E-state index contributed by atoms with van der Waals surface area (Å²) in [5.41, 5.74) is -0.476. The van der Waals surface area contributed by atoms with Crippen molar-refractivity contribution in [2.24, 2.45) is 0 Å². The second kappa shape index (κ2) is 5.14. The molecule has 0 amide bonds. The van der Waals surface area contributed by atoms with E-state index in [2.05, 4.69) is 0 Å². The number of phenols is 1. The van der Waals surface area contributed by atoms with Crippen LogP contribution in [0.15, 0.2) is 44.5 Å². The summed E-state index contributed by atoms with van der Waals surface area (Å²) in [6.45, 7) is 1.60. The van der Waals surface area contributed by atoms with Gasteiger partial charge in [-0.3, -0.25) is 9.59 Å². The van der Waals surface area contributed by atoms with Crippen molar-refractivity contribution in [3.63, 3.8) is 0 Å². The quantitative estimate of drug-likeness (QED) is 0.858. The number of carbonyl (C=O) groups excluding carboxylic acids is 1. The average Bonchev–Trinajstić information content (AvgIpc) is 2.67. The third-order valence-corrected chi connectivity index (χ3v) is 3.25. The molecule has 0 aliphatic carbocycles. The van der Waals surface area contributed by atoms with E-state index in [4.69, 9.17) is 4.52 Å². The van der Waals surface area contributed by atoms with E-state index >= 15 is 0 Å². The Bertz CT molecular complexity index is 629. The minimum Gasteiger partial charge on any atom is -0.507 e. The lowest BCUT2D eigenvalue weighted by molar-refractivity contribution is 0.0813. The molecule has 0 radical (unpaired) electrons. The molecule has 94 valence electrons. The first-order valence-electron chi connectivity index (χ1n) is 5.22. The molecule has 1 N–H and O–H groups in total. The summed E-state index contributed by atoms with van der Waals surface area (Å²) in [5, 5.41) is 9.53. The maximum absolute atomic E-state index is 11.7. The zero-order valence-electron chi connectivity index (χ0n) is 9.62. The first kappa shape index (κ1) is 12.5. The van der Waals surface area contributed by atoms with Crippen LogP contribution < -0.4 is 5.56 Å². The number of nitrogens with zero attached hydrogens (tertiary/aromatic N) is 1. The van der Waals surface area contributed by atoms with Crippen molar-refractivity contribution < 1.29 is 14.4 Å². The van der Waals surface area contributed by atoms with Gasteiger partial charge in [0.25, 0.3) is 11.5 Å². The van der Waals surface area contributed by atoms with Crippen LogP contribution in [-0.4, -0.2) is 21.5 Å². The Kier molecular flexibility index (Phi) is 3.57. The van der Waals surface area contributed by atoms with Crippen LogP contribution in [0.1, 0.15) is 10.6 Å². The van der Waals surface area contributed by atoms with Gasteiger partial charge in [-0.1, -0.05) is 12.1 Å². The molecule has 0 saturated heterocycles. The van der Waals surface area contributed by atoms with E-state index in [0.717, 1.165) is 16.5 Å². The summed E-state index contributed by atoms with van der Waals surface area (Å²) in [6, 6.07) is 7.94. The van der Waals surface area contributed by atoms with E-state index in [9.17, 15) is 14.7 Å². The summed E-state index contributed by atoms with van der Waals surface area (Å²) < 4.78 is 5.70. The Morgan fingerprint density at radius 3 is 2.78 bits per heavy atom. The normalized spacial score (nSPS) is 10.5. The topological polar surface area (TPSA) is 72.4 Å². The maximum atomic E-state index is 11.7. The highest BCUT2D eigenvalue weighted by atomic mass is 32.2. The number of para-hydroxylation sites is 1. The molecule has 0 aliphatic rings. The van der Waals surface area contributed by atoms with E-state index < -0.39 is 11.5 Å².